The molecule has 1 amide bonds. The number of nitrogens with zero attached hydrogens (tertiary/aromatic N) is 2. The van der Waals surface area contributed by atoms with Gasteiger partial charge in [0.15, 0.2) is 0 Å². The molecule has 1 fully saturated rings. The van der Waals surface area contributed by atoms with Crippen LogP contribution in [0.5, 0.6) is 0 Å². The van der Waals surface area contributed by atoms with Crippen molar-refractivity contribution >= 4 is 16.8 Å². The van der Waals surface area contributed by atoms with Crippen LogP contribution in [0.15, 0.2) is 66.7 Å². The number of carbonyl (C=O) groups is 1. The summed E-state index contributed by atoms with van der Waals surface area (Å²) in [5.41, 5.74) is 2.23. The van der Waals surface area contributed by atoms with Crippen LogP contribution in [0.3, 0.4) is 0 Å². The van der Waals surface area contributed by atoms with Crippen LogP contribution in [-0.2, 0) is 4.74 Å². The number of rotatable bonds is 4. The molecule has 1 aliphatic rings. The maximum Gasteiger partial charge on any atom is 0.273 e. The van der Waals surface area contributed by atoms with Gasteiger partial charge < -0.3 is 9.64 Å². The lowest BCUT2D eigenvalue weighted by Crippen LogP contribution is -2.49. The Labute approximate surface area is 172 Å². The summed E-state index contributed by atoms with van der Waals surface area (Å²) in [7, 11) is 0. The predicted molar refractivity (Wildman–Crippen MR) is 116 cm³/mol. The number of benzene rings is 2. The molecule has 2 aromatic carbocycles. The van der Waals surface area contributed by atoms with Gasteiger partial charge in [-0.3, -0.25) is 4.79 Å². The molecule has 0 spiro atoms. The number of aromatic nitrogens is 1. The smallest absolute Gasteiger partial charge is 0.273 e. The van der Waals surface area contributed by atoms with Crippen molar-refractivity contribution in [3.63, 3.8) is 0 Å². The van der Waals surface area contributed by atoms with E-state index in [4.69, 9.17) is 4.74 Å². The van der Waals surface area contributed by atoms with Crippen molar-refractivity contribution in [2.45, 2.75) is 51.3 Å². The van der Waals surface area contributed by atoms with Crippen molar-refractivity contribution < 1.29 is 9.53 Å². The normalized spacial score (nSPS) is 19.6. The average Bonchev–Trinajstić information content (AvgIpc) is 2.73. The van der Waals surface area contributed by atoms with Gasteiger partial charge in [0.2, 0.25) is 0 Å². The van der Waals surface area contributed by atoms with Crippen LogP contribution in [0.4, 0.5) is 0 Å². The average molecular weight is 389 g/mol. The molecule has 0 aliphatic carbocycles. The maximum absolute atomic E-state index is 13.7. The topological polar surface area (TPSA) is 42.4 Å². The minimum absolute atomic E-state index is 0.0187. The van der Waals surface area contributed by atoms with Crippen molar-refractivity contribution in [1.29, 1.82) is 0 Å². The number of amides is 1. The molecule has 3 aromatic rings. The third-order valence-electron chi connectivity index (χ3n) is 5.82. The summed E-state index contributed by atoms with van der Waals surface area (Å²) in [5, 5.41) is 1.04. The third kappa shape index (κ3) is 4.18. The number of hydrogen-bond acceptors (Lipinski definition) is 3. The van der Waals surface area contributed by atoms with Gasteiger partial charge in [0.05, 0.1) is 17.2 Å². The molecule has 0 saturated carbocycles. The lowest BCUT2D eigenvalue weighted by atomic mass is 9.90. The molecule has 0 bridgehead atoms. The number of hydrogen-bond donors (Lipinski definition) is 0. The molecule has 2 unspecified atom stereocenters. The molecular weight excluding hydrogens is 360 g/mol. The highest BCUT2D eigenvalue weighted by Crippen LogP contribution is 2.33. The van der Waals surface area contributed by atoms with Crippen LogP contribution in [-0.4, -0.2) is 34.0 Å². The van der Waals surface area contributed by atoms with Gasteiger partial charge in [0, 0.05) is 18.0 Å². The zero-order chi connectivity index (χ0) is 20.4. The summed E-state index contributed by atoms with van der Waals surface area (Å²) in [6.07, 6.45) is 1.64. The summed E-state index contributed by atoms with van der Waals surface area (Å²) in [6, 6.07) is 22.0. The Hall–Kier alpha value is -2.72. The number of carbonyl (C=O) groups excluding carboxylic acids is 1. The second-order valence-corrected chi connectivity index (χ2v) is 8.44. The number of ether oxygens (including phenoxy) is 1. The monoisotopic (exact) mass is 388 g/mol. The quantitative estimate of drug-likeness (QED) is 0.601. The standard InChI is InChI=1S/C25H28N2O2/c1-18(19-9-5-4-6-10-19)27(21-15-16-29-25(2,3)17-21)24(28)23-14-13-20-11-7-8-12-22(20)26-23/h4-14,18,21H,15-17H2,1-3H3. The maximum atomic E-state index is 13.7. The zero-order valence-corrected chi connectivity index (χ0v) is 17.3. The van der Waals surface area contributed by atoms with Crippen LogP contribution in [0, 0.1) is 0 Å². The number of pyridine rings is 1. The minimum atomic E-state index is -0.241. The summed E-state index contributed by atoms with van der Waals surface area (Å²) in [5.74, 6) is -0.0187. The first-order valence-corrected chi connectivity index (χ1v) is 10.3. The highest BCUT2D eigenvalue weighted by atomic mass is 16.5. The van der Waals surface area contributed by atoms with Gasteiger partial charge in [-0.05, 0) is 51.3 Å². The van der Waals surface area contributed by atoms with Crippen molar-refractivity contribution in [3.05, 3.63) is 78.0 Å². The van der Waals surface area contributed by atoms with E-state index in [1.165, 1.54) is 0 Å². The first-order chi connectivity index (χ1) is 13.9. The van der Waals surface area contributed by atoms with Crippen LogP contribution >= 0.6 is 0 Å². The Morgan fingerprint density at radius 1 is 1.07 bits per heavy atom. The second kappa shape index (κ2) is 7.96. The third-order valence-corrected chi connectivity index (χ3v) is 5.82. The van der Waals surface area contributed by atoms with Crippen molar-refractivity contribution in [1.82, 2.24) is 9.88 Å². The van der Waals surface area contributed by atoms with Gasteiger partial charge in [-0.25, -0.2) is 4.98 Å². The molecule has 1 aliphatic heterocycles. The van der Waals surface area contributed by atoms with E-state index in [0.717, 1.165) is 29.3 Å². The second-order valence-electron chi connectivity index (χ2n) is 8.44. The predicted octanol–water partition coefficient (Wildman–Crippen LogP) is 5.40. The fourth-order valence-electron chi connectivity index (χ4n) is 4.30. The fourth-order valence-corrected chi connectivity index (χ4v) is 4.30. The molecule has 0 radical (unpaired) electrons. The Bertz CT molecular complexity index is 1000. The molecule has 0 N–H and O–H groups in total. The molecule has 150 valence electrons. The minimum Gasteiger partial charge on any atom is -0.375 e. The molecule has 1 saturated heterocycles. The van der Waals surface area contributed by atoms with Crippen LogP contribution < -0.4 is 0 Å². The Morgan fingerprint density at radius 3 is 2.55 bits per heavy atom. The summed E-state index contributed by atoms with van der Waals surface area (Å²) < 4.78 is 5.92. The lowest BCUT2D eigenvalue weighted by molar-refractivity contribution is -0.0824. The largest absolute Gasteiger partial charge is 0.375 e. The molecule has 4 nitrogen and oxygen atoms in total. The van der Waals surface area contributed by atoms with Gasteiger partial charge in [0.1, 0.15) is 5.69 Å². The molecule has 4 rings (SSSR count). The molecule has 1 aromatic heterocycles. The Kier molecular flexibility index (Phi) is 5.37. The summed E-state index contributed by atoms with van der Waals surface area (Å²) in [6.45, 7) is 6.97. The van der Waals surface area contributed by atoms with Gasteiger partial charge in [-0.2, -0.15) is 0 Å². The van der Waals surface area contributed by atoms with Crippen LogP contribution in [0.25, 0.3) is 10.9 Å². The van der Waals surface area contributed by atoms with E-state index >= 15 is 0 Å². The van der Waals surface area contributed by atoms with Gasteiger partial charge in [0.25, 0.3) is 5.91 Å². The van der Waals surface area contributed by atoms with E-state index in [0.29, 0.717) is 12.3 Å². The molecule has 4 heteroatoms. The van der Waals surface area contributed by atoms with E-state index in [2.05, 4.69) is 37.9 Å². The molecule has 29 heavy (non-hydrogen) atoms. The first kappa shape index (κ1) is 19.6. The summed E-state index contributed by atoms with van der Waals surface area (Å²) in [4.78, 5) is 20.4. The van der Waals surface area contributed by atoms with E-state index in [1.807, 2.05) is 59.5 Å². The van der Waals surface area contributed by atoms with Crippen molar-refractivity contribution in [2.24, 2.45) is 0 Å². The SMILES string of the molecule is CC(c1ccccc1)N(C(=O)c1ccc2ccccc2n1)C1CCOC(C)(C)C1. The fraction of sp³-hybridized carbons (Fsp3) is 0.360. The lowest BCUT2D eigenvalue weighted by Gasteiger charge is -2.43. The van der Waals surface area contributed by atoms with Gasteiger partial charge >= 0.3 is 0 Å². The van der Waals surface area contributed by atoms with Crippen molar-refractivity contribution in [3.8, 4) is 0 Å². The highest BCUT2D eigenvalue weighted by Gasteiger charge is 2.37. The highest BCUT2D eigenvalue weighted by molar-refractivity contribution is 5.95. The Balaban J connectivity index is 1.72. The van der Waals surface area contributed by atoms with Crippen LogP contribution in [0.2, 0.25) is 0 Å². The number of fused-ring (bicyclic) bond motifs is 1. The molecule has 2 atom stereocenters. The van der Waals surface area contributed by atoms with E-state index in [9.17, 15) is 4.79 Å². The Morgan fingerprint density at radius 2 is 1.79 bits per heavy atom. The van der Waals surface area contributed by atoms with Gasteiger partial charge in [-0.1, -0.05) is 54.6 Å². The molecule has 2 heterocycles. The molecular formula is C25H28N2O2. The van der Waals surface area contributed by atoms with E-state index in [-0.39, 0.29) is 23.6 Å². The zero-order valence-electron chi connectivity index (χ0n) is 17.3. The van der Waals surface area contributed by atoms with E-state index in [1.54, 1.807) is 0 Å². The van der Waals surface area contributed by atoms with Crippen LogP contribution in [0.1, 0.15) is 55.7 Å². The van der Waals surface area contributed by atoms with Crippen molar-refractivity contribution in [2.75, 3.05) is 6.61 Å². The summed E-state index contributed by atoms with van der Waals surface area (Å²) >= 11 is 0. The van der Waals surface area contributed by atoms with Gasteiger partial charge in [-0.15, -0.1) is 0 Å². The van der Waals surface area contributed by atoms with E-state index < -0.39 is 0 Å². The first-order valence-electron chi connectivity index (χ1n) is 10.3. The number of para-hydroxylation sites is 1.